The molecule has 12 heavy (non-hydrogen) atoms. The molecule has 0 aliphatic heterocycles. The molecule has 0 aliphatic carbocycles. The first-order valence-electron chi connectivity index (χ1n) is 3.44. The molecule has 4 nitrogen and oxygen atoms in total. The Balaban J connectivity index is 0. The number of esters is 1. The predicted molar refractivity (Wildman–Crippen MR) is 44.8 cm³/mol. The summed E-state index contributed by atoms with van der Waals surface area (Å²) in [6.07, 6.45) is 0. The molecule has 0 aliphatic rings. The summed E-state index contributed by atoms with van der Waals surface area (Å²) in [7, 11) is 0. The van der Waals surface area contributed by atoms with Crippen molar-refractivity contribution in [3.63, 3.8) is 0 Å². The lowest BCUT2D eigenvalue weighted by atomic mass is 10.4. The predicted octanol–water partition coefficient (Wildman–Crippen LogP) is 1.22. The van der Waals surface area contributed by atoms with Crippen LogP contribution in [0, 0.1) is 0 Å². The highest BCUT2D eigenvalue weighted by Crippen LogP contribution is 1.89. The number of hydrogen-bond donors (Lipinski definition) is 1. The SMILES string of the molecule is C=C(C)C(=O)OCC.CC(=O)O. The van der Waals surface area contributed by atoms with E-state index in [1.165, 1.54) is 0 Å². The van der Waals surface area contributed by atoms with Crippen LogP contribution in [0.2, 0.25) is 0 Å². The molecular formula is C8H14O4. The van der Waals surface area contributed by atoms with E-state index in [1.807, 2.05) is 0 Å². The Morgan fingerprint density at radius 2 is 1.75 bits per heavy atom. The molecular weight excluding hydrogens is 160 g/mol. The number of rotatable bonds is 2. The maximum absolute atomic E-state index is 10.4. The number of aliphatic carboxylic acids is 1. The number of carboxylic acids is 1. The van der Waals surface area contributed by atoms with Crippen LogP contribution < -0.4 is 0 Å². The molecule has 0 unspecified atom stereocenters. The summed E-state index contributed by atoms with van der Waals surface area (Å²) in [5.41, 5.74) is 0.451. The van der Waals surface area contributed by atoms with E-state index in [1.54, 1.807) is 13.8 Å². The highest BCUT2D eigenvalue weighted by Gasteiger charge is 1.98. The Labute approximate surface area is 71.8 Å². The molecule has 0 radical (unpaired) electrons. The normalized spacial score (nSPS) is 7.58. The first-order chi connectivity index (χ1) is 5.41. The summed E-state index contributed by atoms with van der Waals surface area (Å²) < 4.78 is 4.56. The van der Waals surface area contributed by atoms with Crippen molar-refractivity contribution >= 4 is 11.9 Å². The van der Waals surface area contributed by atoms with E-state index in [0.29, 0.717) is 12.2 Å². The Kier molecular flexibility index (Phi) is 8.62. The summed E-state index contributed by atoms with van der Waals surface area (Å²) in [5.74, 6) is -1.15. The average Bonchev–Trinajstić information content (AvgIpc) is 1.86. The second-order valence-corrected chi connectivity index (χ2v) is 2.02. The zero-order chi connectivity index (χ0) is 10.1. The largest absolute Gasteiger partial charge is 0.481 e. The summed E-state index contributed by atoms with van der Waals surface area (Å²) in [6.45, 7) is 8.29. The quantitative estimate of drug-likeness (QED) is 0.505. The van der Waals surface area contributed by atoms with Crippen LogP contribution in [0.25, 0.3) is 0 Å². The van der Waals surface area contributed by atoms with Gasteiger partial charge in [-0.25, -0.2) is 4.79 Å². The van der Waals surface area contributed by atoms with Gasteiger partial charge in [0.25, 0.3) is 5.97 Å². The number of carbonyl (C=O) groups excluding carboxylic acids is 1. The highest BCUT2D eigenvalue weighted by molar-refractivity contribution is 5.86. The molecule has 1 N–H and O–H groups in total. The van der Waals surface area contributed by atoms with Crippen LogP contribution in [0.15, 0.2) is 12.2 Å². The topological polar surface area (TPSA) is 63.6 Å². The van der Waals surface area contributed by atoms with Crippen molar-refractivity contribution in [1.82, 2.24) is 0 Å². The smallest absolute Gasteiger partial charge is 0.333 e. The fraction of sp³-hybridized carbons (Fsp3) is 0.500. The molecule has 0 bridgehead atoms. The van der Waals surface area contributed by atoms with Crippen molar-refractivity contribution < 1.29 is 19.4 Å². The minimum Gasteiger partial charge on any atom is -0.481 e. The Morgan fingerprint density at radius 1 is 1.42 bits per heavy atom. The van der Waals surface area contributed by atoms with E-state index in [2.05, 4.69) is 11.3 Å². The minimum absolute atomic E-state index is 0.312. The van der Waals surface area contributed by atoms with Gasteiger partial charge < -0.3 is 9.84 Å². The van der Waals surface area contributed by atoms with Crippen LogP contribution in [-0.4, -0.2) is 23.7 Å². The highest BCUT2D eigenvalue weighted by atomic mass is 16.5. The van der Waals surface area contributed by atoms with Gasteiger partial charge >= 0.3 is 5.97 Å². The average molecular weight is 174 g/mol. The van der Waals surface area contributed by atoms with Crippen LogP contribution in [0.5, 0.6) is 0 Å². The van der Waals surface area contributed by atoms with E-state index in [-0.39, 0.29) is 5.97 Å². The third-order valence-corrected chi connectivity index (χ3v) is 0.624. The van der Waals surface area contributed by atoms with E-state index in [4.69, 9.17) is 9.90 Å². The summed E-state index contributed by atoms with van der Waals surface area (Å²) in [6, 6.07) is 0. The fourth-order valence-corrected chi connectivity index (χ4v) is 0.254. The Hall–Kier alpha value is -1.32. The zero-order valence-electron chi connectivity index (χ0n) is 7.59. The molecule has 70 valence electrons. The van der Waals surface area contributed by atoms with E-state index >= 15 is 0 Å². The van der Waals surface area contributed by atoms with Crippen LogP contribution in [0.4, 0.5) is 0 Å². The molecule has 0 amide bonds. The number of hydrogen-bond acceptors (Lipinski definition) is 3. The minimum atomic E-state index is -0.833. The van der Waals surface area contributed by atoms with Crippen molar-refractivity contribution in [2.24, 2.45) is 0 Å². The van der Waals surface area contributed by atoms with Gasteiger partial charge in [0, 0.05) is 12.5 Å². The lowest BCUT2D eigenvalue weighted by Crippen LogP contribution is -2.03. The molecule has 4 heteroatoms. The van der Waals surface area contributed by atoms with Gasteiger partial charge in [0.1, 0.15) is 0 Å². The first kappa shape index (κ1) is 13.3. The lowest BCUT2D eigenvalue weighted by molar-refractivity contribution is -0.138. The van der Waals surface area contributed by atoms with Crippen LogP contribution in [-0.2, 0) is 14.3 Å². The third-order valence-electron chi connectivity index (χ3n) is 0.624. The van der Waals surface area contributed by atoms with Gasteiger partial charge in [-0.15, -0.1) is 0 Å². The lowest BCUT2D eigenvalue weighted by Gasteiger charge is -1.96. The monoisotopic (exact) mass is 174 g/mol. The molecule has 0 fully saturated rings. The second kappa shape index (κ2) is 7.78. The van der Waals surface area contributed by atoms with Crippen LogP contribution in [0.1, 0.15) is 20.8 Å². The van der Waals surface area contributed by atoms with Gasteiger partial charge in [0.05, 0.1) is 6.61 Å². The first-order valence-corrected chi connectivity index (χ1v) is 3.44. The molecule has 0 saturated heterocycles. The van der Waals surface area contributed by atoms with Gasteiger partial charge in [0.15, 0.2) is 0 Å². The van der Waals surface area contributed by atoms with Crippen molar-refractivity contribution in [3.05, 3.63) is 12.2 Å². The van der Waals surface area contributed by atoms with Crippen LogP contribution >= 0.6 is 0 Å². The molecule has 0 heterocycles. The van der Waals surface area contributed by atoms with Crippen molar-refractivity contribution in [2.45, 2.75) is 20.8 Å². The van der Waals surface area contributed by atoms with E-state index < -0.39 is 5.97 Å². The molecule has 0 saturated carbocycles. The molecule has 0 atom stereocenters. The summed E-state index contributed by atoms with van der Waals surface area (Å²) >= 11 is 0. The van der Waals surface area contributed by atoms with E-state index in [9.17, 15) is 4.79 Å². The Morgan fingerprint density at radius 3 is 1.83 bits per heavy atom. The van der Waals surface area contributed by atoms with Gasteiger partial charge in [-0.3, -0.25) is 4.79 Å². The zero-order valence-corrected chi connectivity index (χ0v) is 7.59. The van der Waals surface area contributed by atoms with Gasteiger partial charge in [0.2, 0.25) is 0 Å². The Bertz CT molecular complexity index is 168. The van der Waals surface area contributed by atoms with Crippen LogP contribution in [0.3, 0.4) is 0 Å². The molecule has 0 aromatic carbocycles. The maximum Gasteiger partial charge on any atom is 0.333 e. The van der Waals surface area contributed by atoms with Crippen molar-refractivity contribution in [1.29, 1.82) is 0 Å². The van der Waals surface area contributed by atoms with Gasteiger partial charge in [-0.1, -0.05) is 6.58 Å². The standard InChI is InChI=1S/C6H10O2.C2H4O2/c1-4-8-6(7)5(2)3;1-2(3)4/h2,4H2,1,3H3;1H3,(H,3,4). The maximum atomic E-state index is 10.4. The number of carboxylic acid groups (broad SMARTS) is 1. The molecule has 0 aromatic heterocycles. The molecule has 0 aromatic rings. The molecule has 0 spiro atoms. The fourth-order valence-electron chi connectivity index (χ4n) is 0.254. The van der Waals surface area contributed by atoms with Crippen molar-refractivity contribution in [3.8, 4) is 0 Å². The summed E-state index contributed by atoms with van der Waals surface area (Å²) in [4.78, 5) is 19.4. The van der Waals surface area contributed by atoms with Crippen molar-refractivity contribution in [2.75, 3.05) is 6.61 Å². The summed E-state index contributed by atoms with van der Waals surface area (Å²) in [5, 5.41) is 7.42. The number of carbonyl (C=O) groups is 2. The molecule has 0 rings (SSSR count). The third kappa shape index (κ3) is 15.9. The number of ether oxygens (including phenoxy) is 1. The second-order valence-electron chi connectivity index (χ2n) is 2.02. The van der Waals surface area contributed by atoms with Gasteiger partial charge in [-0.2, -0.15) is 0 Å². The van der Waals surface area contributed by atoms with E-state index in [0.717, 1.165) is 6.92 Å². The van der Waals surface area contributed by atoms with Gasteiger partial charge in [-0.05, 0) is 13.8 Å².